The van der Waals surface area contributed by atoms with Crippen molar-refractivity contribution in [2.45, 2.75) is 19.8 Å². The molecule has 4 nitrogen and oxygen atoms in total. The molecule has 0 saturated heterocycles. The molecule has 1 atom stereocenters. The standard InChI is InChI=1S/C13H14O4/c1-6-8(3)17-13(15)12-9(14)5-10(16-4)7(2)11(6)12/h5-6,14H,3H2,1-2,4H3/t6-/m1/s1. The lowest BCUT2D eigenvalue weighted by Crippen LogP contribution is -2.20. The molecule has 0 aliphatic carbocycles. The fourth-order valence-corrected chi connectivity index (χ4v) is 2.15. The van der Waals surface area contributed by atoms with Gasteiger partial charge in [0.15, 0.2) is 0 Å². The van der Waals surface area contributed by atoms with Crippen LogP contribution < -0.4 is 4.74 Å². The normalized spacial score (nSPS) is 18.6. The molecule has 0 radical (unpaired) electrons. The number of cyclic esters (lactones) is 1. The Kier molecular flexibility index (Phi) is 2.58. The maximum Gasteiger partial charge on any atom is 0.347 e. The summed E-state index contributed by atoms with van der Waals surface area (Å²) in [5.74, 6) is 0.107. The van der Waals surface area contributed by atoms with Gasteiger partial charge in [-0.05, 0) is 18.1 Å². The molecule has 0 fully saturated rings. The van der Waals surface area contributed by atoms with Gasteiger partial charge >= 0.3 is 5.97 Å². The molecular weight excluding hydrogens is 220 g/mol. The first kappa shape index (κ1) is 11.5. The lowest BCUT2D eigenvalue weighted by molar-refractivity contribution is 0.0580. The summed E-state index contributed by atoms with van der Waals surface area (Å²) in [5.41, 5.74) is 1.76. The van der Waals surface area contributed by atoms with Gasteiger partial charge in [-0.15, -0.1) is 0 Å². The molecule has 0 saturated carbocycles. The number of carbonyl (C=O) groups is 1. The first-order valence-corrected chi connectivity index (χ1v) is 5.28. The molecule has 90 valence electrons. The van der Waals surface area contributed by atoms with E-state index in [0.29, 0.717) is 11.5 Å². The minimum Gasteiger partial charge on any atom is -0.507 e. The SMILES string of the molecule is C=C1OC(=O)c2c(O)cc(OC)c(C)c2[C@@H]1C. The van der Waals surface area contributed by atoms with Crippen LogP contribution >= 0.6 is 0 Å². The second kappa shape index (κ2) is 3.80. The number of phenols is 1. The number of hydrogen-bond donors (Lipinski definition) is 1. The quantitative estimate of drug-likeness (QED) is 0.758. The number of aromatic hydroxyl groups is 1. The largest absolute Gasteiger partial charge is 0.507 e. The third-order valence-electron chi connectivity index (χ3n) is 3.13. The Morgan fingerprint density at radius 2 is 2.18 bits per heavy atom. The van der Waals surface area contributed by atoms with E-state index in [9.17, 15) is 9.90 Å². The van der Waals surface area contributed by atoms with E-state index >= 15 is 0 Å². The fourth-order valence-electron chi connectivity index (χ4n) is 2.15. The average Bonchev–Trinajstić information content (AvgIpc) is 2.28. The van der Waals surface area contributed by atoms with Crippen LogP contribution in [0, 0.1) is 6.92 Å². The number of ether oxygens (including phenoxy) is 2. The van der Waals surface area contributed by atoms with E-state index in [4.69, 9.17) is 9.47 Å². The van der Waals surface area contributed by atoms with Crippen molar-refractivity contribution in [1.29, 1.82) is 0 Å². The Hall–Kier alpha value is -1.97. The predicted octanol–water partition coefficient (Wildman–Crippen LogP) is 2.50. The molecular formula is C13H14O4. The Morgan fingerprint density at radius 3 is 2.76 bits per heavy atom. The summed E-state index contributed by atoms with van der Waals surface area (Å²) in [4.78, 5) is 11.7. The van der Waals surface area contributed by atoms with Crippen LogP contribution in [0.4, 0.5) is 0 Å². The van der Waals surface area contributed by atoms with Gasteiger partial charge in [0.1, 0.15) is 22.8 Å². The summed E-state index contributed by atoms with van der Waals surface area (Å²) >= 11 is 0. The van der Waals surface area contributed by atoms with Gasteiger partial charge < -0.3 is 14.6 Å². The Balaban J connectivity index is 2.78. The van der Waals surface area contributed by atoms with Gasteiger partial charge in [0, 0.05) is 12.0 Å². The highest BCUT2D eigenvalue weighted by molar-refractivity contribution is 5.97. The van der Waals surface area contributed by atoms with Crippen LogP contribution in [-0.4, -0.2) is 18.2 Å². The summed E-state index contributed by atoms with van der Waals surface area (Å²) in [5, 5.41) is 9.86. The summed E-state index contributed by atoms with van der Waals surface area (Å²) in [6, 6.07) is 1.43. The Morgan fingerprint density at radius 1 is 1.53 bits per heavy atom. The molecule has 1 aromatic carbocycles. The third-order valence-corrected chi connectivity index (χ3v) is 3.13. The van der Waals surface area contributed by atoms with Gasteiger partial charge in [0.25, 0.3) is 0 Å². The highest BCUT2D eigenvalue weighted by atomic mass is 16.5. The number of phenolic OH excluding ortho intramolecular Hbond substituents is 1. The number of methoxy groups -OCH3 is 1. The van der Waals surface area contributed by atoms with Gasteiger partial charge in [0.2, 0.25) is 0 Å². The fraction of sp³-hybridized carbons (Fsp3) is 0.308. The van der Waals surface area contributed by atoms with E-state index in [0.717, 1.165) is 11.1 Å². The minimum atomic E-state index is -0.564. The Bertz CT molecular complexity index is 517. The molecule has 0 amide bonds. The zero-order valence-corrected chi connectivity index (χ0v) is 10.0. The number of carbonyl (C=O) groups excluding carboxylic acids is 1. The number of hydrogen-bond acceptors (Lipinski definition) is 4. The van der Waals surface area contributed by atoms with Gasteiger partial charge in [0.05, 0.1) is 7.11 Å². The molecule has 1 aliphatic rings. The van der Waals surface area contributed by atoms with Crippen molar-refractivity contribution < 1.29 is 19.4 Å². The molecule has 4 heteroatoms. The van der Waals surface area contributed by atoms with E-state index in [1.54, 1.807) is 0 Å². The molecule has 1 aromatic rings. The van der Waals surface area contributed by atoms with Crippen LogP contribution in [0.2, 0.25) is 0 Å². The molecule has 2 rings (SSSR count). The summed E-state index contributed by atoms with van der Waals surface area (Å²) in [6.45, 7) is 7.43. The van der Waals surface area contributed by atoms with E-state index in [2.05, 4.69) is 6.58 Å². The summed E-state index contributed by atoms with van der Waals surface area (Å²) in [6.07, 6.45) is 0. The van der Waals surface area contributed by atoms with Crippen molar-refractivity contribution in [1.82, 2.24) is 0 Å². The van der Waals surface area contributed by atoms with E-state index in [1.165, 1.54) is 13.2 Å². The first-order chi connectivity index (χ1) is 7.97. The number of allylic oxidation sites excluding steroid dienone is 1. The van der Waals surface area contributed by atoms with Crippen molar-refractivity contribution in [2.24, 2.45) is 0 Å². The molecule has 1 heterocycles. The second-order valence-corrected chi connectivity index (χ2v) is 4.09. The van der Waals surface area contributed by atoms with E-state index < -0.39 is 5.97 Å². The predicted molar refractivity (Wildman–Crippen MR) is 62.4 cm³/mol. The van der Waals surface area contributed by atoms with E-state index in [1.807, 2.05) is 13.8 Å². The van der Waals surface area contributed by atoms with Crippen LogP contribution in [0.1, 0.15) is 34.3 Å². The zero-order chi connectivity index (χ0) is 12.7. The summed E-state index contributed by atoms with van der Waals surface area (Å²) in [7, 11) is 1.52. The topological polar surface area (TPSA) is 55.8 Å². The van der Waals surface area contributed by atoms with Crippen molar-refractivity contribution in [3.8, 4) is 11.5 Å². The molecule has 0 bridgehead atoms. The number of rotatable bonds is 1. The van der Waals surface area contributed by atoms with Gasteiger partial charge in [-0.25, -0.2) is 4.79 Å². The highest BCUT2D eigenvalue weighted by Crippen LogP contribution is 2.42. The maximum atomic E-state index is 11.7. The molecule has 0 aromatic heterocycles. The van der Waals surface area contributed by atoms with Gasteiger partial charge in [-0.3, -0.25) is 0 Å². The van der Waals surface area contributed by atoms with Crippen LogP contribution in [0.5, 0.6) is 11.5 Å². The monoisotopic (exact) mass is 234 g/mol. The van der Waals surface area contributed by atoms with Crippen LogP contribution in [0.3, 0.4) is 0 Å². The van der Waals surface area contributed by atoms with Crippen molar-refractivity contribution in [3.63, 3.8) is 0 Å². The van der Waals surface area contributed by atoms with Crippen molar-refractivity contribution >= 4 is 5.97 Å². The van der Waals surface area contributed by atoms with Gasteiger partial charge in [-0.1, -0.05) is 13.5 Å². The van der Waals surface area contributed by atoms with Crippen molar-refractivity contribution in [3.05, 3.63) is 35.1 Å². The smallest absolute Gasteiger partial charge is 0.347 e. The molecule has 0 unspecified atom stereocenters. The van der Waals surface area contributed by atoms with Gasteiger partial charge in [-0.2, -0.15) is 0 Å². The Labute approximate surface area is 99.5 Å². The number of fused-ring (bicyclic) bond motifs is 1. The maximum absolute atomic E-state index is 11.7. The van der Waals surface area contributed by atoms with Crippen LogP contribution in [-0.2, 0) is 4.74 Å². The molecule has 1 aliphatic heterocycles. The molecule has 1 N–H and O–H groups in total. The number of benzene rings is 1. The van der Waals surface area contributed by atoms with Crippen LogP contribution in [0.15, 0.2) is 18.4 Å². The van der Waals surface area contributed by atoms with Crippen LogP contribution in [0.25, 0.3) is 0 Å². The molecule has 0 spiro atoms. The highest BCUT2D eigenvalue weighted by Gasteiger charge is 2.33. The second-order valence-electron chi connectivity index (χ2n) is 4.09. The lowest BCUT2D eigenvalue weighted by atomic mass is 9.87. The summed E-state index contributed by atoms with van der Waals surface area (Å²) < 4.78 is 10.2. The first-order valence-electron chi connectivity index (χ1n) is 5.28. The average molecular weight is 234 g/mol. The number of esters is 1. The minimum absolute atomic E-state index is 0.119. The van der Waals surface area contributed by atoms with E-state index in [-0.39, 0.29) is 17.2 Å². The molecule has 17 heavy (non-hydrogen) atoms. The zero-order valence-electron chi connectivity index (χ0n) is 10.0. The lowest BCUT2D eigenvalue weighted by Gasteiger charge is -2.26. The third kappa shape index (κ3) is 1.56. The van der Waals surface area contributed by atoms with Crippen molar-refractivity contribution in [2.75, 3.05) is 7.11 Å².